The molecule has 2 rings (SSSR count). The Morgan fingerprint density at radius 1 is 1.59 bits per heavy atom. The van der Waals surface area contributed by atoms with Crippen LogP contribution in [0, 0.1) is 10.1 Å². The fraction of sp³-hybridized carbons (Fsp3) is 0.100. The topological polar surface area (TPSA) is 77.2 Å². The predicted molar refractivity (Wildman–Crippen MR) is 59.5 cm³/mol. The average Bonchev–Trinajstić information content (AvgIpc) is 2.73. The molecule has 0 aliphatic rings. The molecule has 7 nitrogen and oxygen atoms in total. The third-order valence-electron chi connectivity index (χ3n) is 2.06. The summed E-state index contributed by atoms with van der Waals surface area (Å²) in [6.45, 7) is 0. The van der Waals surface area contributed by atoms with E-state index in [4.69, 9.17) is 0 Å². The van der Waals surface area contributed by atoms with Crippen LogP contribution in [0.5, 0.6) is 0 Å². The van der Waals surface area contributed by atoms with E-state index in [2.05, 4.69) is 10.2 Å². The lowest BCUT2D eigenvalue weighted by molar-refractivity contribution is -0.679. The lowest BCUT2D eigenvalue weighted by atomic mass is 10.2. The second-order valence-corrected chi connectivity index (χ2v) is 3.40. The summed E-state index contributed by atoms with van der Waals surface area (Å²) in [5, 5.41) is 18.6. The number of nitro benzene ring substituents is 1. The maximum absolute atomic E-state index is 10.6. The minimum atomic E-state index is -0.436. The van der Waals surface area contributed by atoms with E-state index in [0.29, 0.717) is 5.56 Å². The molecule has 0 saturated carbocycles. The SMILES string of the molecule is Cn1c[n+](N=Cc2cccc([N+](=O)[O-])c2)cn1. The molecule has 1 aromatic heterocycles. The smallest absolute Gasteiger partial charge is 0.258 e. The first kappa shape index (κ1) is 10.9. The van der Waals surface area contributed by atoms with E-state index in [9.17, 15) is 10.1 Å². The maximum Gasteiger partial charge on any atom is 0.288 e. The molecule has 1 heterocycles. The zero-order valence-corrected chi connectivity index (χ0v) is 9.09. The molecule has 0 N–H and O–H groups in total. The van der Waals surface area contributed by atoms with E-state index in [0.717, 1.165) is 0 Å². The molecule has 86 valence electrons. The molecule has 0 atom stereocenters. The number of aromatic nitrogens is 3. The van der Waals surface area contributed by atoms with Gasteiger partial charge in [0.05, 0.1) is 18.2 Å². The van der Waals surface area contributed by atoms with Gasteiger partial charge in [0, 0.05) is 22.8 Å². The maximum atomic E-state index is 10.6. The van der Waals surface area contributed by atoms with Gasteiger partial charge in [-0.25, -0.2) is 0 Å². The molecule has 0 aliphatic heterocycles. The first-order valence-electron chi connectivity index (χ1n) is 4.84. The predicted octanol–water partition coefficient (Wildman–Crippen LogP) is 0.498. The number of nitrogens with zero attached hydrogens (tertiary/aromatic N) is 5. The normalized spacial score (nSPS) is 10.9. The summed E-state index contributed by atoms with van der Waals surface area (Å²) in [4.78, 5) is 10.1. The number of aryl methyl sites for hydroxylation is 1. The van der Waals surface area contributed by atoms with Crippen LogP contribution in [-0.2, 0) is 7.05 Å². The highest BCUT2D eigenvalue weighted by atomic mass is 16.6. The standard InChI is InChI=1S/C10H10N5O2/c1-13-8-14(7-12-13)11-6-9-3-2-4-10(5-9)15(16)17/h2-8H,1H3/q+1. The first-order chi connectivity index (χ1) is 8.15. The summed E-state index contributed by atoms with van der Waals surface area (Å²) in [5.41, 5.74) is 0.709. The lowest BCUT2D eigenvalue weighted by Gasteiger charge is -1.92. The van der Waals surface area contributed by atoms with Gasteiger partial charge in [0.2, 0.25) is 6.33 Å². The van der Waals surface area contributed by atoms with Gasteiger partial charge >= 0.3 is 0 Å². The van der Waals surface area contributed by atoms with Gasteiger partial charge in [0.15, 0.2) is 0 Å². The summed E-state index contributed by atoms with van der Waals surface area (Å²) in [7, 11) is 1.78. The Morgan fingerprint density at radius 3 is 3.06 bits per heavy atom. The fourth-order valence-electron chi connectivity index (χ4n) is 1.28. The van der Waals surface area contributed by atoms with Crippen LogP contribution in [0.25, 0.3) is 0 Å². The molecule has 0 saturated heterocycles. The van der Waals surface area contributed by atoms with E-state index in [1.807, 2.05) is 0 Å². The van der Waals surface area contributed by atoms with Crippen molar-refractivity contribution in [1.29, 1.82) is 0 Å². The molecule has 0 aliphatic carbocycles. The largest absolute Gasteiger partial charge is 0.288 e. The third-order valence-corrected chi connectivity index (χ3v) is 2.06. The molecule has 0 amide bonds. The lowest BCUT2D eigenvalue weighted by Crippen LogP contribution is -2.24. The second-order valence-electron chi connectivity index (χ2n) is 3.40. The molecule has 17 heavy (non-hydrogen) atoms. The molecule has 0 unspecified atom stereocenters. The van der Waals surface area contributed by atoms with Crippen molar-refractivity contribution in [3.63, 3.8) is 0 Å². The van der Waals surface area contributed by atoms with Crippen LogP contribution in [0.15, 0.2) is 42.0 Å². The Labute approximate surface area is 96.8 Å². The fourth-order valence-corrected chi connectivity index (χ4v) is 1.28. The van der Waals surface area contributed by atoms with Crippen LogP contribution in [0.1, 0.15) is 5.56 Å². The monoisotopic (exact) mass is 232 g/mol. The van der Waals surface area contributed by atoms with Gasteiger partial charge in [-0.1, -0.05) is 12.1 Å². The van der Waals surface area contributed by atoms with Crippen molar-refractivity contribution in [2.75, 3.05) is 0 Å². The molecule has 7 heteroatoms. The molecular formula is C10H10N5O2+. The van der Waals surface area contributed by atoms with Crippen LogP contribution >= 0.6 is 0 Å². The minimum Gasteiger partial charge on any atom is -0.258 e. The van der Waals surface area contributed by atoms with Gasteiger partial charge in [0.25, 0.3) is 12.0 Å². The zero-order chi connectivity index (χ0) is 12.3. The first-order valence-corrected chi connectivity index (χ1v) is 4.84. The minimum absolute atomic E-state index is 0.0464. The third kappa shape index (κ3) is 2.71. The summed E-state index contributed by atoms with van der Waals surface area (Å²) < 4.78 is 3.11. The number of benzene rings is 1. The van der Waals surface area contributed by atoms with Crippen LogP contribution in [0.3, 0.4) is 0 Å². The van der Waals surface area contributed by atoms with Crippen LogP contribution in [0.2, 0.25) is 0 Å². The number of nitro groups is 1. The van der Waals surface area contributed by atoms with E-state index in [-0.39, 0.29) is 5.69 Å². The quantitative estimate of drug-likeness (QED) is 0.334. The highest BCUT2D eigenvalue weighted by Crippen LogP contribution is 2.11. The summed E-state index contributed by atoms with van der Waals surface area (Å²) in [6.07, 6.45) is 4.75. The highest BCUT2D eigenvalue weighted by molar-refractivity contribution is 5.79. The van der Waals surface area contributed by atoms with Gasteiger partial charge in [0.1, 0.15) is 0 Å². The van der Waals surface area contributed by atoms with Crippen molar-refractivity contribution in [1.82, 2.24) is 9.78 Å². The Hall–Kier alpha value is -2.57. The molecule has 1 aromatic carbocycles. The molecule has 2 aromatic rings. The summed E-state index contributed by atoms with van der Waals surface area (Å²) in [6, 6.07) is 6.26. The summed E-state index contributed by atoms with van der Waals surface area (Å²) >= 11 is 0. The number of non-ortho nitro benzene ring substituents is 1. The van der Waals surface area contributed by atoms with Gasteiger partial charge in [-0.3, -0.25) is 10.1 Å². The van der Waals surface area contributed by atoms with E-state index in [1.54, 1.807) is 30.2 Å². The number of rotatable bonds is 3. The van der Waals surface area contributed by atoms with Crippen molar-refractivity contribution in [2.24, 2.45) is 12.1 Å². The molecule has 0 fully saturated rings. The average molecular weight is 232 g/mol. The van der Waals surface area contributed by atoms with Crippen LogP contribution in [-0.4, -0.2) is 20.9 Å². The molecule has 0 spiro atoms. The van der Waals surface area contributed by atoms with E-state index >= 15 is 0 Å². The molecular weight excluding hydrogens is 222 g/mol. The summed E-state index contributed by atoms with van der Waals surface area (Å²) in [5.74, 6) is 0. The van der Waals surface area contributed by atoms with Crippen molar-refractivity contribution >= 4 is 11.9 Å². The van der Waals surface area contributed by atoms with Crippen molar-refractivity contribution < 1.29 is 9.60 Å². The van der Waals surface area contributed by atoms with Gasteiger partial charge in [-0.2, -0.15) is 0 Å². The van der Waals surface area contributed by atoms with Crippen molar-refractivity contribution in [3.8, 4) is 0 Å². The second kappa shape index (κ2) is 4.52. The number of hydrogen-bond acceptors (Lipinski definition) is 4. The van der Waals surface area contributed by atoms with E-state index in [1.165, 1.54) is 29.4 Å². The highest BCUT2D eigenvalue weighted by Gasteiger charge is 2.04. The Balaban J connectivity index is 2.21. The Morgan fingerprint density at radius 2 is 2.41 bits per heavy atom. The molecule has 0 bridgehead atoms. The van der Waals surface area contributed by atoms with Gasteiger partial charge in [-0.05, 0) is 0 Å². The zero-order valence-electron chi connectivity index (χ0n) is 9.09. The van der Waals surface area contributed by atoms with E-state index < -0.39 is 4.92 Å². The van der Waals surface area contributed by atoms with Crippen LogP contribution < -0.4 is 4.68 Å². The van der Waals surface area contributed by atoms with Gasteiger partial charge in [-0.15, -0.1) is 14.5 Å². The Kier molecular flexibility index (Phi) is 2.91. The van der Waals surface area contributed by atoms with Crippen molar-refractivity contribution in [2.45, 2.75) is 0 Å². The number of hydrogen-bond donors (Lipinski definition) is 0. The van der Waals surface area contributed by atoms with Crippen molar-refractivity contribution in [3.05, 3.63) is 52.6 Å². The Bertz CT molecular complexity index is 576. The molecule has 0 radical (unpaired) electrons. The van der Waals surface area contributed by atoms with Gasteiger partial charge < -0.3 is 0 Å². The van der Waals surface area contributed by atoms with Crippen LogP contribution in [0.4, 0.5) is 5.69 Å².